The van der Waals surface area contributed by atoms with Gasteiger partial charge in [0.2, 0.25) is 0 Å². The number of nitrogens with zero attached hydrogens (tertiary/aromatic N) is 5. The number of benzene rings is 2. The number of aromatic nitrogens is 3. The van der Waals surface area contributed by atoms with Crippen molar-refractivity contribution in [1.82, 2.24) is 19.9 Å². The van der Waals surface area contributed by atoms with Gasteiger partial charge < -0.3 is 9.80 Å². The van der Waals surface area contributed by atoms with Gasteiger partial charge in [0.15, 0.2) is 5.69 Å². The van der Waals surface area contributed by atoms with Gasteiger partial charge >= 0.3 is 0 Å². The van der Waals surface area contributed by atoms with E-state index in [4.69, 9.17) is 0 Å². The van der Waals surface area contributed by atoms with E-state index in [9.17, 15) is 4.79 Å². The first kappa shape index (κ1) is 19.2. The van der Waals surface area contributed by atoms with Crippen molar-refractivity contribution in [3.8, 4) is 5.69 Å². The molecule has 0 spiro atoms. The first-order chi connectivity index (χ1) is 13.9. The summed E-state index contributed by atoms with van der Waals surface area (Å²) in [5.41, 5.74) is 7.42. The molecule has 0 saturated carbocycles. The second-order valence-corrected chi connectivity index (χ2v) is 7.96. The number of rotatable bonds is 3. The van der Waals surface area contributed by atoms with Crippen molar-refractivity contribution >= 4 is 11.6 Å². The summed E-state index contributed by atoms with van der Waals surface area (Å²) in [5, 5.41) is 8.32. The maximum absolute atomic E-state index is 12.9. The smallest absolute Gasteiger partial charge is 0.276 e. The molecule has 29 heavy (non-hydrogen) atoms. The molecule has 4 rings (SSSR count). The molecule has 1 amide bonds. The SMILES string of the molecule is Cc1cc(C)cc(-n2cc(C(=O)N3CCN(c4cc(C)ccc4C)CC3)nn2)c1. The summed E-state index contributed by atoms with van der Waals surface area (Å²) in [7, 11) is 0. The van der Waals surface area contributed by atoms with Crippen LogP contribution in [0.15, 0.2) is 42.6 Å². The molecule has 0 aliphatic carbocycles. The molecule has 0 atom stereocenters. The van der Waals surface area contributed by atoms with Gasteiger partial charge in [-0.05, 0) is 68.1 Å². The molecule has 0 bridgehead atoms. The van der Waals surface area contributed by atoms with Gasteiger partial charge in [-0.2, -0.15) is 0 Å². The lowest BCUT2D eigenvalue weighted by molar-refractivity contribution is 0.0740. The molecule has 0 N–H and O–H groups in total. The van der Waals surface area contributed by atoms with Crippen molar-refractivity contribution in [3.63, 3.8) is 0 Å². The molecule has 1 aromatic heterocycles. The van der Waals surface area contributed by atoms with Crippen LogP contribution < -0.4 is 4.90 Å². The Morgan fingerprint density at radius 3 is 2.24 bits per heavy atom. The predicted molar refractivity (Wildman–Crippen MR) is 115 cm³/mol. The van der Waals surface area contributed by atoms with Crippen LogP contribution in [0.5, 0.6) is 0 Å². The van der Waals surface area contributed by atoms with Gasteiger partial charge in [-0.1, -0.05) is 23.4 Å². The van der Waals surface area contributed by atoms with Gasteiger partial charge in [0, 0.05) is 31.9 Å². The number of hydrogen-bond acceptors (Lipinski definition) is 4. The molecule has 1 aliphatic rings. The Balaban J connectivity index is 1.45. The minimum atomic E-state index is -0.0544. The Morgan fingerprint density at radius 1 is 0.862 bits per heavy atom. The third kappa shape index (κ3) is 4.01. The topological polar surface area (TPSA) is 54.3 Å². The molecule has 3 aromatic rings. The lowest BCUT2D eigenvalue weighted by atomic mass is 10.1. The van der Waals surface area contributed by atoms with Crippen molar-refractivity contribution < 1.29 is 4.79 Å². The van der Waals surface area contributed by atoms with Gasteiger partial charge in [0.25, 0.3) is 5.91 Å². The van der Waals surface area contributed by atoms with Gasteiger partial charge in [0.1, 0.15) is 0 Å². The first-order valence-electron chi connectivity index (χ1n) is 10.0. The molecule has 0 radical (unpaired) electrons. The van der Waals surface area contributed by atoms with E-state index < -0.39 is 0 Å². The average molecular weight is 390 g/mol. The normalized spacial score (nSPS) is 14.3. The van der Waals surface area contributed by atoms with Gasteiger partial charge in [0.05, 0.1) is 11.9 Å². The number of anilines is 1. The van der Waals surface area contributed by atoms with Crippen LogP contribution in [0.4, 0.5) is 5.69 Å². The van der Waals surface area contributed by atoms with Crippen LogP contribution in [0, 0.1) is 27.7 Å². The average Bonchev–Trinajstić information content (AvgIpc) is 3.19. The molecule has 150 valence electrons. The molecule has 2 heterocycles. The monoisotopic (exact) mass is 389 g/mol. The number of aryl methyl sites for hydroxylation is 4. The first-order valence-corrected chi connectivity index (χ1v) is 10.0. The Morgan fingerprint density at radius 2 is 1.55 bits per heavy atom. The third-order valence-electron chi connectivity index (χ3n) is 5.46. The number of piperazine rings is 1. The highest BCUT2D eigenvalue weighted by Gasteiger charge is 2.25. The summed E-state index contributed by atoms with van der Waals surface area (Å²) in [5.74, 6) is -0.0544. The van der Waals surface area contributed by atoms with Crippen LogP contribution >= 0.6 is 0 Å². The zero-order valence-electron chi connectivity index (χ0n) is 17.5. The van der Waals surface area contributed by atoms with E-state index in [2.05, 4.69) is 67.2 Å². The Hall–Kier alpha value is -3.15. The van der Waals surface area contributed by atoms with Crippen molar-refractivity contribution in [2.45, 2.75) is 27.7 Å². The quantitative estimate of drug-likeness (QED) is 0.688. The zero-order valence-corrected chi connectivity index (χ0v) is 17.5. The van der Waals surface area contributed by atoms with Crippen LogP contribution in [0.2, 0.25) is 0 Å². The summed E-state index contributed by atoms with van der Waals surface area (Å²) in [6.45, 7) is 11.4. The lowest BCUT2D eigenvalue weighted by Gasteiger charge is -2.36. The van der Waals surface area contributed by atoms with E-state index in [-0.39, 0.29) is 5.91 Å². The molecule has 6 heteroatoms. The van der Waals surface area contributed by atoms with E-state index in [0.717, 1.165) is 29.9 Å². The number of hydrogen-bond donors (Lipinski definition) is 0. The predicted octanol–water partition coefficient (Wildman–Crippen LogP) is 3.46. The minimum Gasteiger partial charge on any atom is -0.368 e. The molecular weight excluding hydrogens is 362 g/mol. The highest BCUT2D eigenvalue weighted by atomic mass is 16.2. The van der Waals surface area contributed by atoms with E-state index in [0.29, 0.717) is 18.8 Å². The Labute approximate surface area is 171 Å². The van der Waals surface area contributed by atoms with Crippen molar-refractivity contribution in [3.05, 3.63) is 70.5 Å². The molecule has 1 fully saturated rings. The molecular formula is C23H27N5O. The molecule has 1 aliphatic heterocycles. The van der Waals surface area contributed by atoms with Gasteiger partial charge in [-0.15, -0.1) is 5.10 Å². The molecule has 6 nitrogen and oxygen atoms in total. The summed E-state index contributed by atoms with van der Waals surface area (Å²) >= 11 is 0. The number of amides is 1. The Kier molecular flexibility index (Phi) is 5.09. The molecule has 2 aromatic carbocycles. The van der Waals surface area contributed by atoms with Gasteiger partial charge in [-0.3, -0.25) is 4.79 Å². The van der Waals surface area contributed by atoms with Crippen molar-refractivity contribution in [1.29, 1.82) is 0 Å². The molecule has 1 saturated heterocycles. The summed E-state index contributed by atoms with van der Waals surface area (Å²) < 4.78 is 1.68. The second kappa shape index (κ2) is 7.70. The summed E-state index contributed by atoms with van der Waals surface area (Å²) in [4.78, 5) is 17.2. The Bertz CT molecular complexity index is 1030. The van der Waals surface area contributed by atoms with E-state index in [1.54, 1.807) is 10.9 Å². The van der Waals surface area contributed by atoms with E-state index in [1.807, 2.05) is 17.0 Å². The summed E-state index contributed by atoms with van der Waals surface area (Å²) in [6, 6.07) is 12.7. The zero-order chi connectivity index (χ0) is 20.5. The third-order valence-corrected chi connectivity index (χ3v) is 5.46. The van der Waals surface area contributed by atoms with Crippen LogP contribution in [0.25, 0.3) is 5.69 Å². The summed E-state index contributed by atoms with van der Waals surface area (Å²) in [6.07, 6.45) is 1.73. The van der Waals surface area contributed by atoms with Crippen LogP contribution in [0.1, 0.15) is 32.7 Å². The molecule has 0 unspecified atom stereocenters. The largest absolute Gasteiger partial charge is 0.368 e. The number of carbonyl (C=O) groups excluding carboxylic acids is 1. The van der Waals surface area contributed by atoms with Crippen LogP contribution in [-0.4, -0.2) is 52.0 Å². The highest BCUT2D eigenvalue weighted by molar-refractivity contribution is 5.92. The minimum absolute atomic E-state index is 0.0544. The van der Waals surface area contributed by atoms with Crippen molar-refractivity contribution in [2.75, 3.05) is 31.1 Å². The second-order valence-electron chi connectivity index (χ2n) is 7.96. The van der Waals surface area contributed by atoms with E-state index in [1.165, 1.54) is 16.8 Å². The van der Waals surface area contributed by atoms with E-state index >= 15 is 0 Å². The fraction of sp³-hybridized carbons (Fsp3) is 0.348. The van der Waals surface area contributed by atoms with Crippen LogP contribution in [-0.2, 0) is 0 Å². The van der Waals surface area contributed by atoms with Crippen molar-refractivity contribution in [2.24, 2.45) is 0 Å². The standard InChI is InChI=1S/C23H27N5O/c1-16-5-6-19(4)22(14-16)26-7-9-27(10-8-26)23(29)21-15-28(25-24-21)20-12-17(2)11-18(3)13-20/h5-6,11-15H,7-10H2,1-4H3. The lowest BCUT2D eigenvalue weighted by Crippen LogP contribution is -2.49. The maximum atomic E-state index is 12.9. The van der Waals surface area contributed by atoms with Crippen LogP contribution in [0.3, 0.4) is 0 Å². The fourth-order valence-corrected chi connectivity index (χ4v) is 3.94. The highest BCUT2D eigenvalue weighted by Crippen LogP contribution is 2.23. The number of carbonyl (C=O) groups is 1. The fourth-order valence-electron chi connectivity index (χ4n) is 3.94. The maximum Gasteiger partial charge on any atom is 0.276 e. The van der Waals surface area contributed by atoms with Gasteiger partial charge in [-0.25, -0.2) is 4.68 Å².